The van der Waals surface area contributed by atoms with Gasteiger partial charge in [0.05, 0.1) is 36.6 Å². The summed E-state index contributed by atoms with van der Waals surface area (Å²) in [7, 11) is 1.31. The van der Waals surface area contributed by atoms with Crippen LogP contribution in [0.15, 0.2) is 29.5 Å². The van der Waals surface area contributed by atoms with Gasteiger partial charge < -0.3 is 24.8 Å². The van der Waals surface area contributed by atoms with E-state index in [1.54, 1.807) is 13.8 Å². The SMILES string of the molecule is CCOC(=O)C1=C(COC(=O)c2ccc(OC)c(F)c2)NC(=O)N[C@@H]1C. The molecule has 26 heavy (non-hydrogen) atoms. The Bertz CT molecular complexity index is 762. The highest BCUT2D eigenvalue weighted by molar-refractivity contribution is 5.95. The second kappa shape index (κ2) is 8.32. The van der Waals surface area contributed by atoms with Crippen molar-refractivity contribution in [3.63, 3.8) is 0 Å². The van der Waals surface area contributed by atoms with Crippen LogP contribution >= 0.6 is 0 Å². The van der Waals surface area contributed by atoms with E-state index >= 15 is 0 Å². The zero-order chi connectivity index (χ0) is 19.3. The molecule has 8 nitrogen and oxygen atoms in total. The Kier molecular flexibility index (Phi) is 6.16. The van der Waals surface area contributed by atoms with Gasteiger partial charge in [-0.2, -0.15) is 0 Å². The Morgan fingerprint density at radius 2 is 1.96 bits per heavy atom. The summed E-state index contributed by atoms with van der Waals surface area (Å²) in [6, 6.07) is 2.46. The molecule has 0 fully saturated rings. The van der Waals surface area contributed by atoms with Crippen molar-refractivity contribution in [1.29, 1.82) is 0 Å². The average molecular weight is 366 g/mol. The standard InChI is InChI=1S/C17H19FN2O6/c1-4-25-16(22)14-9(2)19-17(23)20-12(14)8-26-15(21)10-5-6-13(24-3)11(18)7-10/h5-7,9H,4,8H2,1-3H3,(H2,19,20,23)/t9-/m1/s1. The number of amides is 2. The molecule has 2 amide bonds. The number of nitrogens with one attached hydrogen (secondary N) is 2. The van der Waals surface area contributed by atoms with Crippen LogP contribution in [-0.4, -0.2) is 44.3 Å². The largest absolute Gasteiger partial charge is 0.494 e. The summed E-state index contributed by atoms with van der Waals surface area (Å²) < 4.78 is 28.5. The summed E-state index contributed by atoms with van der Waals surface area (Å²) in [5.74, 6) is -2.16. The van der Waals surface area contributed by atoms with Gasteiger partial charge in [-0.05, 0) is 32.0 Å². The Balaban J connectivity index is 2.17. The number of rotatable bonds is 6. The molecule has 1 aliphatic heterocycles. The van der Waals surface area contributed by atoms with Crippen molar-refractivity contribution >= 4 is 18.0 Å². The Morgan fingerprint density at radius 1 is 1.23 bits per heavy atom. The number of methoxy groups -OCH3 is 1. The number of hydrogen-bond acceptors (Lipinski definition) is 6. The van der Waals surface area contributed by atoms with Crippen molar-refractivity contribution in [2.45, 2.75) is 19.9 Å². The fourth-order valence-electron chi connectivity index (χ4n) is 2.41. The van der Waals surface area contributed by atoms with Crippen LogP contribution in [0.2, 0.25) is 0 Å². The van der Waals surface area contributed by atoms with E-state index < -0.39 is 29.8 Å². The monoisotopic (exact) mass is 366 g/mol. The smallest absolute Gasteiger partial charge is 0.338 e. The van der Waals surface area contributed by atoms with Crippen LogP contribution in [-0.2, 0) is 14.3 Å². The molecule has 140 valence electrons. The highest BCUT2D eigenvalue weighted by Crippen LogP contribution is 2.19. The van der Waals surface area contributed by atoms with Crippen molar-refractivity contribution in [3.05, 3.63) is 40.8 Å². The zero-order valence-electron chi connectivity index (χ0n) is 14.6. The van der Waals surface area contributed by atoms with Gasteiger partial charge in [-0.15, -0.1) is 0 Å². The molecule has 0 bridgehead atoms. The van der Waals surface area contributed by atoms with Gasteiger partial charge in [0, 0.05) is 0 Å². The number of benzene rings is 1. The van der Waals surface area contributed by atoms with Crippen LogP contribution in [0.25, 0.3) is 0 Å². The number of ether oxygens (including phenoxy) is 3. The number of hydrogen-bond donors (Lipinski definition) is 2. The third-order valence-electron chi connectivity index (χ3n) is 3.60. The maximum atomic E-state index is 13.7. The lowest BCUT2D eigenvalue weighted by molar-refractivity contribution is -0.139. The molecule has 2 N–H and O–H groups in total. The average Bonchev–Trinajstić information content (AvgIpc) is 2.59. The fraction of sp³-hybridized carbons (Fsp3) is 0.353. The third-order valence-corrected chi connectivity index (χ3v) is 3.60. The second-order valence-corrected chi connectivity index (χ2v) is 5.36. The number of halogens is 1. The predicted octanol–water partition coefficient (Wildman–Crippen LogP) is 1.51. The first-order chi connectivity index (χ1) is 12.4. The molecular weight excluding hydrogens is 347 g/mol. The van der Waals surface area contributed by atoms with Crippen molar-refractivity contribution in [2.75, 3.05) is 20.3 Å². The van der Waals surface area contributed by atoms with Gasteiger partial charge in [0.2, 0.25) is 0 Å². The van der Waals surface area contributed by atoms with E-state index in [-0.39, 0.29) is 35.8 Å². The van der Waals surface area contributed by atoms with E-state index in [4.69, 9.17) is 14.2 Å². The number of carbonyl (C=O) groups is 3. The maximum absolute atomic E-state index is 13.7. The lowest BCUT2D eigenvalue weighted by atomic mass is 10.0. The second-order valence-electron chi connectivity index (χ2n) is 5.36. The molecule has 0 unspecified atom stereocenters. The van der Waals surface area contributed by atoms with E-state index in [1.165, 1.54) is 19.2 Å². The van der Waals surface area contributed by atoms with E-state index in [0.717, 1.165) is 6.07 Å². The van der Waals surface area contributed by atoms with Crippen LogP contribution < -0.4 is 15.4 Å². The van der Waals surface area contributed by atoms with Crippen LogP contribution in [0.1, 0.15) is 24.2 Å². The molecule has 1 aromatic carbocycles. The Labute approximate surface area is 149 Å². The van der Waals surface area contributed by atoms with Gasteiger partial charge in [0.1, 0.15) is 6.61 Å². The molecule has 1 aliphatic rings. The highest BCUT2D eigenvalue weighted by atomic mass is 19.1. The van der Waals surface area contributed by atoms with Gasteiger partial charge in [-0.25, -0.2) is 18.8 Å². The van der Waals surface area contributed by atoms with Crippen molar-refractivity contribution in [3.8, 4) is 5.75 Å². The topological polar surface area (TPSA) is 103 Å². The Morgan fingerprint density at radius 3 is 2.58 bits per heavy atom. The molecule has 1 aromatic rings. The minimum absolute atomic E-state index is 0.00620. The predicted molar refractivity (Wildman–Crippen MR) is 88.0 cm³/mol. The zero-order valence-corrected chi connectivity index (χ0v) is 14.6. The van der Waals surface area contributed by atoms with E-state index in [9.17, 15) is 18.8 Å². The first-order valence-electron chi connectivity index (χ1n) is 7.85. The van der Waals surface area contributed by atoms with Gasteiger partial charge >= 0.3 is 18.0 Å². The quantitative estimate of drug-likeness (QED) is 0.740. The van der Waals surface area contributed by atoms with Gasteiger partial charge in [0.15, 0.2) is 11.6 Å². The number of esters is 2. The van der Waals surface area contributed by atoms with Crippen molar-refractivity contribution in [1.82, 2.24) is 10.6 Å². The summed E-state index contributed by atoms with van der Waals surface area (Å²) in [5, 5.41) is 4.96. The third kappa shape index (κ3) is 4.29. The lowest BCUT2D eigenvalue weighted by Crippen LogP contribution is -2.50. The van der Waals surface area contributed by atoms with Gasteiger partial charge in [0.25, 0.3) is 0 Å². The molecule has 1 heterocycles. The van der Waals surface area contributed by atoms with Gasteiger partial charge in [-0.3, -0.25) is 0 Å². The highest BCUT2D eigenvalue weighted by Gasteiger charge is 2.30. The molecule has 0 saturated heterocycles. The summed E-state index contributed by atoms with van der Waals surface area (Å²) in [6.07, 6.45) is 0. The first-order valence-corrected chi connectivity index (χ1v) is 7.85. The van der Waals surface area contributed by atoms with Crippen LogP contribution in [0.5, 0.6) is 5.75 Å². The summed E-state index contributed by atoms with van der Waals surface area (Å²) in [6.45, 7) is 3.03. The summed E-state index contributed by atoms with van der Waals surface area (Å²) in [5.41, 5.74) is 0.233. The van der Waals surface area contributed by atoms with E-state index in [0.29, 0.717) is 0 Å². The van der Waals surface area contributed by atoms with Crippen LogP contribution in [0.4, 0.5) is 9.18 Å². The first kappa shape index (κ1) is 19.2. The minimum Gasteiger partial charge on any atom is -0.494 e. The molecule has 0 radical (unpaired) electrons. The van der Waals surface area contributed by atoms with Crippen molar-refractivity contribution < 1.29 is 33.0 Å². The molecule has 0 spiro atoms. The van der Waals surface area contributed by atoms with Crippen LogP contribution in [0.3, 0.4) is 0 Å². The molecule has 2 rings (SSSR count). The lowest BCUT2D eigenvalue weighted by Gasteiger charge is -2.26. The molecule has 0 aromatic heterocycles. The normalized spacial score (nSPS) is 16.5. The molecule has 9 heteroatoms. The van der Waals surface area contributed by atoms with Crippen LogP contribution in [0, 0.1) is 5.82 Å². The summed E-state index contributed by atoms with van der Waals surface area (Å²) in [4.78, 5) is 35.8. The number of carbonyl (C=O) groups excluding carboxylic acids is 3. The summed E-state index contributed by atoms with van der Waals surface area (Å²) >= 11 is 0. The Hall–Kier alpha value is -3.10. The molecule has 0 saturated carbocycles. The maximum Gasteiger partial charge on any atom is 0.338 e. The van der Waals surface area contributed by atoms with Gasteiger partial charge in [-0.1, -0.05) is 0 Å². The molecule has 0 aliphatic carbocycles. The molecular formula is C17H19FN2O6. The van der Waals surface area contributed by atoms with E-state index in [2.05, 4.69) is 10.6 Å². The van der Waals surface area contributed by atoms with E-state index in [1.807, 2.05) is 0 Å². The molecule has 1 atom stereocenters. The fourth-order valence-corrected chi connectivity index (χ4v) is 2.41. The van der Waals surface area contributed by atoms with Crippen molar-refractivity contribution in [2.24, 2.45) is 0 Å². The number of urea groups is 1. The minimum atomic E-state index is -0.817.